The highest BCUT2D eigenvalue weighted by Crippen LogP contribution is 2.33. The Kier molecular flexibility index (Phi) is 2.96. The van der Waals surface area contributed by atoms with Crippen LogP contribution in [0.2, 0.25) is 0 Å². The molecule has 1 aromatic rings. The number of hydrogen-bond acceptors (Lipinski definition) is 3. The van der Waals surface area contributed by atoms with Gasteiger partial charge >= 0.3 is 5.97 Å². The number of carboxylic acid groups (broad SMARTS) is 1. The zero-order valence-corrected chi connectivity index (χ0v) is 10.2. The first-order valence-electron chi connectivity index (χ1n) is 6.41. The van der Waals surface area contributed by atoms with Crippen LogP contribution >= 0.6 is 0 Å². The molecular formula is C14H17NO3. The molecule has 1 fully saturated rings. The number of aliphatic carboxylic acids is 1. The predicted octanol–water partition coefficient (Wildman–Crippen LogP) is 1.54. The number of benzene rings is 1. The van der Waals surface area contributed by atoms with Gasteiger partial charge in [-0.15, -0.1) is 0 Å². The minimum Gasteiger partial charge on any atom is -0.481 e. The van der Waals surface area contributed by atoms with E-state index < -0.39 is 5.97 Å². The number of carbonyl (C=O) groups is 1. The SMILES string of the molecule is O=C(O)C1Cc2ccccc2N(C2CCOC2)C1. The van der Waals surface area contributed by atoms with Gasteiger partial charge < -0.3 is 14.7 Å². The number of hydrogen-bond donors (Lipinski definition) is 1. The molecule has 0 bridgehead atoms. The van der Waals surface area contributed by atoms with Crippen LogP contribution in [0.15, 0.2) is 24.3 Å². The van der Waals surface area contributed by atoms with E-state index in [0.29, 0.717) is 25.6 Å². The van der Waals surface area contributed by atoms with Gasteiger partial charge in [0.05, 0.1) is 18.6 Å². The largest absolute Gasteiger partial charge is 0.481 e. The number of para-hydroxylation sites is 1. The van der Waals surface area contributed by atoms with E-state index in [1.807, 2.05) is 18.2 Å². The lowest BCUT2D eigenvalue weighted by atomic mass is 9.91. The monoisotopic (exact) mass is 247 g/mol. The lowest BCUT2D eigenvalue weighted by Crippen LogP contribution is -2.45. The van der Waals surface area contributed by atoms with Crippen molar-refractivity contribution in [3.63, 3.8) is 0 Å². The Morgan fingerprint density at radius 1 is 1.39 bits per heavy atom. The van der Waals surface area contributed by atoms with Gasteiger partial charge in [-0.3, -0.25) is 4.79 Å². The van der Waals surface area contributed by atoms with E-state index in [0.717, 1.165) is 18.6 Å². The molecule has 18 heavy (non-hydrogen) atoms. The molecule has 2 unspecified atom stereocenters. The normalized spacial score (nSPS) is 27.0. The molecule has 0 aliphatic carbocycles. The Hall–Kier alpha value is -1.55. The highest BCUT2D eigenvalue weighted by atomic mass is 16.5. The first kappa shape index (κ1) is 11.5. The average molecular weight is 247 g/mol. The molecular weight excluding hydrogens is 230 g/mol. The van der Waals surface area contributed by atoms with Gasteiger partial charge in [-0.1, -0.05) is 18.2 Å². The van der Waals surface area contributed by atoms with E-state index in [2.05, 4.69) is 11.0 Å². The molecule has 2 heterocycles. The molecule has 0 saturated carbocycles. The van der Waals surface area contributed by atoms with Crippen molar-refractivity contribution >= 4 is 11.7 Å². The van der Waals surface area contributed by atoms with Gasteiger partial charge in [-0.2, -0.15) is 0 Å². The lowest BCUT2D eigenvalue weighted by molar-refractivity contribution is -0.141. The maximum atomic E-state index is 11.3. The first-order chi connectivity index (χ1) is 8.75. The summed E-state index contributed by atoms with van der Waals surface area (Å²) >= 11 is 0. The van der Waals surface area contributed by atoms with Crippen molar-refractivity contribution < 1.29 is 14.6 Å². The van der Waals surface area contributed by atoms with E-state index in [1.54, 1.807) is 0 Å². The van der Waals surface area contributed by atoms with Crippen molar-refractivity contribution in [1.82, 2.24) is 0 Å². The van der Waals surface area contributed by atoms with Crippen molar-refractivity contribution in [3.05, 3.63) is 29.8 Å². The van der Waals surface area contributed by atoms with E-state index in [-0.39, 0.29) is 5.92 Å². The quantitative estimate of drug-likeness (QED) is 0.861. The zero-order chi connectivity index (χ0) is 12.5. The third-order valence-corrected chi connectivity index (χ3v) is 3.88. The molecule has 0 spiro atoms. The summed E-state index contributed by atoms with van der Waals surface area (Å²) in [6.45, 7) is 2.09. The van der Waals surface area contributed by atoms with Crippen molar-refractivity contribution in [3.8, 4) is 0 Å². The van der Waals surface area contributed by atoms with Gasteiger partial charge in [-0.25, -0.2) is 0 Å². The van der Waals surface area contributed by atoms with Crippen LogP contribution in [0.4, 0.5) is 5.69 Å². The molecule has 1 saturated heterocycles. The highest BCUT2D eigenvalue weighted by Gasteiger charge is 2.33. The van der Waals surface area contributed by atoms with Crippen molar-refractivity contribution in [2.45, 2.75) is 18.9 Å². The van der Waals surface area contributed by atoms with E-state index in [9.17, 15) is 9.90 Å². The second-order valence-electron chi connectivity index (χ2n) is 5.04. The molecule has 2 aliphatic heterocycles. The Labute approximate surface area is 106 Å². The lowest BCUT2D eigenvalue weighted by Gasteiger charge is -2.38. The van der Waals surface area contributed by atoms with Crippen LogP contribution in [-0.4, -0.2) is 36.9 Å². The first-order valence-corrected chi connectivity index (χ1v) is 6.41. The summed E-state index contributed by atoms with van der Waals surface area (Å²) in [5.41, 5.74) is 2.33. The summed E-state index contributed by atoms with van der Waals surface area (Å²) in [5.74, 6) is -1.01. The van der Waals surface area contributed by atoms with Crippen molar-refractivity contribution in [2.24, 2.45) is 5.92 Å². The molecule has 96 valence electrons. The molecule has 0 radical (unpaired) electrons. The number of fused-ring (bicyclic) bond motifs is 1. The van der Waals surface area contributed by atoms with Gasteiger partial charge in [-0.05, 0) is 24.5 Å². The van der Waals surface area contributed by atoms with Crippen LogP contribution in [0.3, 0.4) is 0 Å². The number of anilines is 1. The molecule has 0 aromatic heterocycles. The summed E-state index contributed by atoms with van der Waals surface area (Å²) in [6, 6.07) is 8.45. The molecule has 4 heteroatoms. The average Bonchev–Trinajstić information content (AvgIpc) is 2.91. The predicted molar refractivity (Wildman–Crippen MR) is 67.8 cm³/mol. The minimum atomic E-state index is -0.701. The summed E-state index contributed by atoms with van der Waals surface area (Å²) < 4.78 is 5.43. The molecule has 1 N–H and O–H groups in total. The smallest absolute Gasteiger partial charge is 0.308 e. The standard InChI is InChI=1S/C14H17NO3/c16-14(17)11-7-10-3-1-2-4-13(10)15(8-11)12-5-6-18-9-12/h1-4,11-12H,5-9H2,(H,16,17). The summed E-state index contributed by atoms with van der Waals surface area (Å²) in [5, 5.41) is 9.27. The number of carboxylic acids is 1. The molecule has 3 rings (SSSR count). The third-order valence-electron chi connectivity index (χ3n) is 3.88. The van der Waals surface area contributed by atoms with E-state index >= 15 is 0 Å². The summed E-state index contributed by atoms with van der Waals surface area (Å²) in [4.78, 5) is 13.5. The van der Waals surface area contributed by atoms with Gasteiger partial charge in [0.1, 0.15) is 0 Å². The fourth-order valence-electron chi connectivity index (χ4n) is 2.91. The second kappa shape index (κ2) is 4.61. The zero-order valence-electron chi connectivity index (χ0n) is 10.2. The molecule has 4 nitrogen and oxygen atoms in total. The van der Waals surface area contributed by atoms with Gasteiger partial charge in [0.15, 0.2) is 0 Å². The summed E-state index contributed by atoms with van der Waals surface area (Å²) in [6.07, 6.45) is 1.62. The molecule has 2 atom stereocenters. The maximum absolute atomic E-state index is 11.3. The van der Waals surface area contributed by atoms with Gasteiger partial charge in [0, 0.05) is 18.8 Å². The topological polar surface area (TPSA) is 49.8 Å². The van der Waals surface area contributed by atoms with Crippen LogP contribution in [0.1, 0.15) is 12.0 Å². The second-order valence-corrected chi connectivity index (χ2v) is 5.04. The minimum absolute atomic E-state index is 0.305. The van der Waals surface area contributed by atoms with E-state index in [4.69, 9.17) is 4.74 Å². The van der Waals surface area contributed by atoms with Crippen molar-refractivity contribution in [2.75, 3.05) is 24.7 Å². The van der Waals surface area contributed by atoms with Gasteiger partial charge in [0.2, 0.25) is 0 Å². The van der Waals surface area contributed by atoms with Crippen molar-refractivity contribution in [1.29, 1.82) is 0 Å². The third kappa shape index (κ3) is 1.97. The van der Waals surface area contributed by atoms with Crippen LogP contribution in [0, 0.1) is 5.92 Å². The highest BCUT2D eigenvalue weighted by molar-refractivity contribution is 5.74. The fraction of sp³-hybridized carbons (Fsp3) is 0.500. The Morgan fingerprint density at radius 2 is 2.22 bits per heavy atom. The molecule has 0 amide bonds. The molecule has 1 aromatic carbocycles. The fourth-order valence-corrected chi connectivity index (χ4v) is 2.91. The maximum Gasteiger partial charge on any atom is 0.308 e. The Morgan fingerprint density at radius 3 is 2.94 bits per heavy atom. The van der Waals surface area contributed by atoms with Crippen LogP contribution < -0.4 is 4.90 Å². The molecule has 2 aliphatic rings. The van der Waals surface area contributed by atoms with E-state index in [1.165, 1.54) is 5.69 Å². The van der Waals surface area contributed by atoms with Crippen LogP contribution in [0.5, 0.6) is 0 Å². The Balaban J connectivity index is 1.93. The summed E-state index contributed by atoms with van der Waals surface area (Å²) in [7, 11) is 0. The number of nitrogens with zero attached hydrogens (tertiary/aromatic N) is 1. The number of ether oxygens (including phenoxy) is 1. The van der Waals surface area contributed by atoms with Crippen LogP contribution in [-0.2, 0) is 16.0 Å². The van der Waals surface area contributed by atoms with Gasteiger partial charge in [0.25, 0.3) is 0 Å². The van der Waals surface area contributed by atoms with Crippen LogP contribution in [0.25, 0.3) is 0 Å². The number of rotatable bonds is 2. The Bertz CT molecular complexity index is 454.